The number of aliphatic hydroxyl groups is 1. The summed E-state index contributed by atoms with van der Waals surface area (Å²) in [5, 5.41) is 9.67. The molecule has 3 nitrogen and oxygen atoms in total. The fourth-order valence-corrected chi connectivity index (χ4v) is 2.84. The fraction of sp³-hybridized carbons (Fsp3) is 0.600. The van der Waals surface area contributed by atoms with Crippen molar-refractivity contribution in [3.63, 3.8) is 0 Å². The van der Waals surface area contributed by atoms with E-state index in [1.165, 1.54) is 12.1 Å². The van der Waals surface area contributed by atoms with Gasteiger partial charge in [-0.25, -0.2) is 4.39 Å². The number of hydrogen-bond donors (Lipinski definition) is 2. The van der Waals surface area contributed by atoms with E-state index in [4.69, 9.17) is 5.73 Å². The van der Waals surface area contributed by atoms with Gasteiger partial charge < -0.3 is 10.8 Å². The summed E-state index contributed by atoms with van der Waals surface area (Å²) in [6.45, 7) is 0.501. The van der Waals surface area contributed by atoms with Crippen molar-refractivity contribution in [3.8, 4) is 0 Å². The minimum Gasteiger partial charge on any atom is -0.380 e. The molecule has 0 amide bonds. The van der Waals surface area contributed by atoms with Crippen molar-refractivity contribution >= 4 is 0 Å². The first-order chi connectivity index (χ1) is 10.2. The highest BCUT2D eigenvalue weighted by Gasteiger charge is 2.54. The average molecular weight is 320 g/mol. The van der Waals surface area contributed by atoms with Gasteiger partial charge in [0.2, 0.25) is 0 Å². The summed E-state index contributed by atoms with van der Waals surface area (Å²) in [4.78, 5) is 1.84. The third kappa shape index (κ3) is 3.77. The van der Waals surface area contributed by atoms with E-state index in [0.717, 1.165) is 5.56 Å². The van der Waals surface area contributed by atoms with Gasteiger partial charge in [-0.15, -0.1) is 0 Å². The lowest BCUT2D eigenvalue weighted by Gasteiger charge is -2.42. The van der Waals surface area contributed by atoms with Crippen molar-refractivity contribution in [1.29, 1.82) is 0 Å². The van der Waals surface area contributed by atoms with Crippen LogP contribution in [0.3, 0.4) is 0 Å². The molecule has 1 aliphatic heterocycles. The predicted molar refractivity (Wildman–Crippen MR) is 74.8 cm³/mol. The van der Waals surface area contributed by atoms with E-state index in [2.05, 4.69) is 0 Å². The van der Waals surface area contributed by atoms with Crippen LogP contribution in [-0.2, 0) is 6.42 Å². The molecule has 0 aliphatic carbocycles. The van der Waals surface area contributed by atoms with E-state index in [1.807, 2.05) is 4.90 Å². The smallest absolute Gasteiger partial charge is 0.380 e. The summed E-state index contributed by atoms with van der Waals surface area (Å²) in [6.07, 6.45) is -4.87. The molecule has 1 unspecified atom stereocenters. The first kappa shape index (κ1) is 17.2. The van der Waals surface area contributed by atoms with E-state index < -0.39 is 11.8 Å². The van der Waals surface area contributed by atoms with Crippen LogP contribution in [0.2, 0.25) is 0 Å². The van der Waals surface area contributed by atoms with Crippen molar-refractivity contribution < 1.29 is 22.7 Å². The summed E-state index contributed by atoms with van der Waals surface area (Å²) in [6, 6.07) is 5.93. The number of nitrogens with two attached hydrogens (primary N) is 1. The molecule has 0 radical (unpaired) electrons. The average Bonchev–Trinajstić information content (AvgIpc) is 2.45. The molecule has 2 rings (SSSR count). The Morgan fingerprint density at radius 1 is 1.27 bits per heavy atom. The maximum absolute atomic E-state index is 13.2. The van der Waals surface area contributed by atoms with Crippen LogP contribution in [0, 0.1) is 5.82 Å². The Labute approximate surface area is 126 Å². The van der Waals surface area contributed by atoms with Gasteiger partial charge in [0, 0.05) is 25.7 Å². The van der Waals surface area contributed by atoms with Crippen molar-refractivity contribution in [2.24, 2.45) is 5.73 Å². The van der Waals surface area contributed by atoms with Gasteiger partial charge in [0.1, 0.15) is 5.82 Å². The van der Waals surface area contributed by atoms with Gasteiger partial charge >= 0.3 is 6.18 Å². The topological polar surface area (TPSA) is 49.5 Å². The Bertz CT molecular complexity index is 499. The molecule has 0 saturated carbocycles. The van der Waals surface area contributed by atoms with Crippen LogP contribution >= 0.6 is 0 Å². The first-order valence-corrected chi connectivity index (χ1v) is 7.23. The molecule has 1 atom stereocenters. The van der Waals surface area contributed by atoms with Crippen LogP contribution < -0.4 is 5.73 Å². The minimum atomic E-state index is -4.61. The molecular formula is C15H20F4N2O. The summed E-state index contributed by atoms with van der Waals surface area (Å²) in [5.74, 6) is -0.349. The van der Waals surface area contributed by atoms with Gasteiger partial charge in [-0.05, 0) is 37.0 Å². The number of alkyl halides is 3. The number of benzene rings is 1. The predicted octanol–water partition coefficient (Wildman–Crippen LogP) is 2.08. The second-order valence-corrected chi connectivity index (χ2v) is 5.79. The van der Waals surface area contributed by atoms with Gasteiger partial charge in [0.05, 0.1) is 0 Å². The van der Waals surface area contributed by atoms with Gasteiger partial charge in [-0.1, -0.05) is 12.1 Å². The van der Waals surface area contributed by atoms with Crippen LogP contribution in [0.25, 0.3) is 0 Å². The zero-order valence-electron chi connectivity index (χ0n) is 12.1. The third-order valence-electron chi connectivity index (χ3n) is 4.30. The molecule has 0 bridgehead atoms. The van der Waals surface area contributed by atoms with E-state index >= 15 is 0 Å². The van der Waals surface area contributed by atoms with E-state index in [-0.39, 0.29) is 44.3 Å². The number of hydrogen-bond acceptors (Lipinski definition) is 3. The van der Waals surface area contributed by atoms with Crippen LogP contribution in [0.1, 0.15) is 18.4 Å². The number of rotatable bonds is 4. The minimum absolute atomic E-state index is 0.118. The molecule has 22 heavy (non-hydrogen) atoms. The lowest BCUT2D eigenvalue weighted by Crippen LogP contribution is -2.56. The highest BCUT2D eigenvalue weighted by molar-refractivity contribution is 5.17. The lowest BCUT2D eigenvalue weighted by atomic mass is 9.89. The largest absolute Gasteiger partial charge is 0.417 e. The maximum atomic E-state index is 13.2. The number of piperidine rings is 1. The summed E-state index contributed by atoms with van der Waals surface area (Å²) in [7, 11) is 0. The van der Waals surface area contributed by atoms with E-state index in [9.17, 15) is 22.7 Å². The van der Waals surface area contributed by atoms with Crippen LogP contribution in [-0.4, -0.2) is 47.5 Å². The molecule has 1 fully saturated rings. The Balaban J connectivity index is 1.99. The summed E-state index contributed by atoms with van der Waals surface area (Å²) in [5.41, 5.74) is 3.87. The molecule has 7 heteroatoms. The Morgan fingerprint density at radius 3 is 2.41 bits per heavy atom. The summed E-state index contributed by atoms with van der Waals surface area (Å²) < 4.78 is 51.6. The molecule has 1 saturated heterocycles. The summed E-state index contributed by atoms with van der Waals surface area (Å²) >= 11 is 0. The highest BCUT2D eigenvalue weighted by Crippen LogP contribution is 2.38. The number of nitrogens with zero attached hydrogens (tertiary/aromatic N) is 1. The second kappa shape index (κ2) is 6.52. The van der Waals surface area contributed by atoms with E-state index in [1.54, 1.807) is 12.1 Å². The molecule has 1 aromatic rings. The van der Waals surface area contributed by atoms with Gasteiger partial charge in [0.15, 0.2) is 5.60 Å². The fourth-order valence-electron chi connectivity index (χ4n) is 2.84. The van der Waals surface area contributed by atoms with E-state index in [0.29, 0.717) is 6.42 Å². The zero-order chi connectivity index (χ0) is 16.4. The van der Waals surface area contributed by atoms with Gasteiger partial charge in [-0.3, -0.25) is 4.90 Å². The zero-order valence-corrected chi connectivity index (χ0v) is 12.1. The number of halogens is 4. The maximum Gasteiger partial charge on any atom is 0.417 e. The molecule has 1 heterocycles. The lowest BCUT2D eigenvalue weighted by molar-refractivity contribution is -0.273. The Morgan fingerprint density at radius 2 is 1.91 bits per heavy atom. The van der Waals surface area contributed by atoms with Crippen molar-refractivity contribution in [2.45, 2.75) is 37.1 Å². The Hall–Kier alpha value is -1.18. The SMILES string of the molecule is NCC(Cc1cccc(F)c1)N1CCC(O)(C(F)(F)F)CC1. The van der Waals surface area contributed by atoms with Crippen molar-refractivity contribution in [3.05, 3.63) is 35.6 Å². The molecular weight excluding hydrogens is 300 g/mol. The molecule has 1 aliphatic rings. The normalized spacial score (nSPS) is 20.8. The monoisotopic (exact) mass is 320 g/mol. The quantitative estimate of drug-likeness (QED) is 0.835. The molecule has 0 aromatic heterocycles. The highest BCUT2D eigenvalue weighted by atomic mass is 19.4. The van der Waals surface area contributed by atoms with Crippen molar-refractivity contribution in [2.75, 3.05) is 19.6 Å². The number of likely N-dealkylation sites (tertiary alicyclic amines) is 1. The van der Waals surface area contributed by atoms with Crippen LogP contribution in [0.5, 0.6) is 0 Å². The van der Waals surface area contributed by atoms with Crippen molar-refractivity contribution in [1.82, 2.24) is 4.90 Å². The molecule has 3 N–H and O–H groups in total. The van der Waals surface area contributed by atoms with Gasteiger partial charge in [-0.2, -0.15) is 13.2 Å². The second-order valence-electron chi connectivity index (χ2n) is 5.79. The molecule has 124 valence electrons. The van der Waals surface area contributed by atoms with Gasteiger partial charge in [0.25, 0.3) is 0 Å². The molecule has 1 aromatic carbocycles. The standard InChI is InChI=1S/C15H20F4N2O/c16-12-3-1-2-11(8-12)9-13(10-20)21-6-4-14(22,5-7-21)15(17,18)19/h1-3,8,13,22H,4-7,9-10,20H2. The third-order valence-corrected chi connectivity index (χ3v) is 4.30. The van der Waals surface area contributed by atoms with Crippen LogP contribution in [0.15, 0.2) is 24.3 Å². The molecule has 0 spiro atoms. The Kier molecular flexibility index (Phi) is 5.09. The first-order valence-electron chi connectivity index (χ1n) is 7.23. The van der Waals surface area contributed by atoms with Crippen LogP contribution in [0.4, 0.5) is 17.6 Å².